The third-order valence-corrected chi connectivity index (χ3v) is 6.25. The first kappa shape index (κ1) is 18.3. The van der Waals surface area contributed by atoms with E-state index in [4.69, 9.17) is 4.74 Å². The highest BCUT2D eigenvalue weighted by molar-refractivity contribution is 5.86. The van der Waals surface area contributed by atoms with E-state index in [-0.39, 0.29) is 11.3 Å². The van der Waals surface area contributed by atoms with Crippen molar-refractivity contribution < 1.29 is 14.3 Å². The Morgan fingerprint density at radius 2 is 1.96 bits per heavy atom. The minimum atomic E-state index is -0.302. The van der Waals surface area contributed by atoms with Crippen molar-refractivity contribution >= 4 is 11.8 Å². The molecule has 1 aliphatic carbocycles. The van der Waals surface area contributed by atoms with Crippen molar-refractivity contribution in [2.24, 2.45) is 11.3 Å². The number of benzene rings is 1. The van der Waals surface area contributed by atoms with Gasteiger partial charge in [0.05, 0.1) is 12.0 Å². The van der Waals surface area contributed by atoms with Crippen LogP contribution in [0.4, 0.5) is 0 Å². The number of hydrogen-bond donors (Lipinski definition) is 0. The second-order valence-corrected chi connectivity index (χ2v) is 8.41. The molecule has 1 saturated carbocycles. The van der Waals surface area contributed by atoms with Gasteiger partial charge in [0.1, 0.15) is 5.75 Å². The number of piperidine rings is 1. The van der Waals surface area contributed by atoms with E-state index in [1.54, 1.807) is 0 Å². The zero-order chi connectivity index (χ0) is 18.7. The summed E-state index contributed by atoms with van der Waals surface area (Å²) in [4.78, 5) is 29.7. The molecule has 3 fully saturated rings. The van der Waals surface area contributed by atoms with Crippen molar-refractivity contribution in [3.05, 3.63) is 30.3 Å². The van der Waals surface area contributed by atoms with Crippen LogP contribution in [0.5, 0.6) is 5.75 Å². The molecule has 2 heterocycles. The van der Waals surface area contributed by atoms with E-state index in [1.807, 2.05) is 35.2 Å². The number of carbonyl (C=O) groups is 2. The fraction of sp³-hybridized carbons (Fsp3) is 0.636. The molecule has 1 atom stereocenters. The fourth-order valence-electron chi connectivity index (χ4n) is 4.49. The van der Waals surface area contributed by atoms with Gasteiger partial charge in [-0.25, -0.2) is 0 Å². The Morgan fingerprint density at radius 1 is 1.15 bits per heavy atom. The number of para-hydroxylation sites is 1. The van der Waals surface area contributed by atoms with Gasteiger partial charge in [-0.1, -0.05) is 18.2 Å². The molecule has 2 aliphatic heterocycles. The van der Waals surface area contributed by atoms with Crippen molar-refractivity contribution in [1.29, 1.82) is 0 Å². The third-order valence-electron chi connectivity index (χ3n) is 6.25. The molecule has 1 unspecified atom stereocenters. The van der Waals surface area contributed by atoms with Gasteiger partial charge in [-0.05, 0) is 56.6 Å². The summed E-state index contributed by atoms with van der Waals surface area (Å²) in [6, 6.07) is 9.69. The second-order valence-electron chi connectivity index (χ2n) is 8.41. The van der Waals surface area contributed by atoms with Gasteiger partial charge in [0, 0.05) is 32.6 Å². The topological polar surface area (TPSA) is 49.9 Å². The largest absolute Gasteiger partial charge is 0.494 e. The molecular formula is C22H30N2O3. The van der Waals surface area contributed by atoms with Crippen LogP contribution in [0.25, 0.3) is 0 Å². The summed E-state index contributed by atoms with van der Waals surface area (Å²) < 4.78 is 5.67. The van der Waals surface area contributed by atoms with Gasteiger partial charge in [-0.3, -0.25) is 9.59 Å². The van der Waals surface area contributed by atoms with Crippen LogP contribution in [-0.4, -0.2) is 54.4 Å². The first-order chi connectivity index (χ1) is 13.2. The monoisotopic (exact) mass is 370 g/mol. The molecule has 5 heteroatoms. The van der Waals surface area contributed by atoms with E-state index in [9.17, 15) is 9.59 Å². The summed E-state index contributed by atoms with van der Waals surface area (Å²) in [5, 5.41) is 0. The summed E-state index contributed by atoms with van der Waals surface area (Å²) in [6.07, 6.45) is 6.58. The third kappa shape index (κ3) is 4.28. The molecule has 0 radical (unpaired) electrons. The van der Waals surface area contributed by atoms with Crippen LogP contribution in [0.2, 0.25) is 0 Å². The maximum absolute atomic E-state index is 13.1. The normalized spacial score (nSPS) is 25.3. The number of carbonyl (C=O) groups excluding carboxylic acids is 2. The van der Waals surface area contributed by atoms with E-state index in [0.717, 1.165) is 50.6 Å². The first-order valence-corrected chi connectivity index (χ1v) is 10.4. The average molecular weight is 370 g/mol. The maximum atomic E-state index is 13.1. The number of nitrogens with zero attached hydrogens (tertiary/aromatic N) is 2. The van der Waals surface area contributed by atoms with Crippen molar-refractivity contribution in [2.45, 2.75) is 44.9 Å². The number of amides is 2. The molecule has 2 saturated heterocycles. The highest BCUT2D eigenvalue weighted by atomic mass is 16.5. The number of ether oxygens (including phenoxy) is 1. The van der Waals surface area contributed by atoms with Crippen molar-refractivity contribution in [1.82, 2.24) is 9.80 Å². The van der Waals surface area contributed by atoms with E-state index < -0.39 is 0 Å². The van der Waals surface area contributed by atoms with E-state index in [1.165, 1.54) is 12.8 Å². The Kier molecular flexibility index (Phi) is 5.37. The summed E-state index contributed by atoms with van der Waals surface area (Å²) in [7, 11) is 0. The lowest BCUT2D eigenvalue weighted by atomic mass is 9.78. The van der Waals surface area contributed by atoms with Crippen LogP contribution in [-0.2, 0) is 9.59 Å². The standard InChI is InChI=1S/C22H30N2O3/c25-20(8-4-15-27-19-6-2-1-3-7-19)24-14-12-22(17-24)11-5-13-23(21(22)26)16-18-9-10-18/h1-3,6-7,18H,4-5,8-17H2. The van der Waals surface area contributed by atoms with E-state index >= 15 is 0 Å². The fourth-order valence-corrected chi connectivity index (χ4v) is 4.49. The minimum Gasteiger partial charge on any atom is -0.494 e. The molecule has 2 amide bonds. The maximum Gasteiger partial charge on any atom is 0.230 e. The molecule has 3 aliphatic rings. The lowest BCUT2D eigenvalue weighted by Gasteiger charge is -2.39. The predicted molar refractivity (Wildman–Crippen MR) is 103 cm³/mol. The Bertz CT molecular complexity index is 673. The highest BCUT2D eigenvalue weighted by Gasteiger charge is 2.49. The van der Waals surface area contributed by atoms with Crippen LogP contribution in [0.15, 0.2) is 30.3 Å². The van der Waals surface area contributed by atoms with Crippen LogP contribution < -0.4 is 4.74 Å². The molecule has 0 aromatic heterocycles. The van der Waals surface area contributed by atoms with Crippen molar-refractivity contribution in [2.75, 3.05) is 32.8 Å². The van der Waals surface area contributed by atoms with Gasteiger partial charge >= 0.3 is 0 Å². The summed E-state index contributed by atoms with van der Waals surface area (Å²) in [5.41, 5.74) is -0.302. The Morgan fingerprint density at radius 3 is 2.74 bits per heavy atom. The molecular weight excluding hydrogens is 340 g/mol. The van der Waals surface area contributed by atoms with Crippen molar-refractivity contribution in [3.8, 4) is 5.75 Å². The quantitative estimate of drug-likeness (QED) is 0.693. The molecule has 1 aromatic rings. The smallest absolute Gasteiger partial charge is 0.230 e. The molecule has 1 spiro atoms. The van der Waals surface area contributed by atoms with Crippen molar-refractivity contribution in [3.63, 3.8) is 0 Å². The first-order valence-electron chi connectivity index (χ1n) is 10.4. The lowest BCUT2D eigenvalue weighted by molar-refractivity contribution is -0.146. The number of likely N-dealkylation sites (tertiary alicyclic amines) is 2. The SMILES string of the molecule is O=C(CCCOc1ccccc1)N1CCC2(CCCN(CC3CC3)C2=O)C1. The Labute approximate surface area is 161 Å². The molecule has 0 bridgehead atoms. The molecule has 146 valence electrons. The van der Waals surface area contributed by atoms with Crippen LogP contribution in [0.3, 0.4) is 0 Å². The van der Waals surface area contributed by atoms with E-state index in [0.29, 0.717) is 31.9 Å². The zero-order valence-corrected chi connectivity index (χ0v) is 16.1. The Hall–Kier alpha value is -2.04. The van der Waals surface area contributed by atoms with Crippen LogP contribution >= 0.6 is 0 Å². The van der Waals surface area contributed by atoms with E-state index in [2.05, 4.69) is 4.90 Å². The minimum absolute atomic E-state index is 0.163. The van der Waals surface area contributed by atoms with Gasteiger partial charge in [-0.15, -0.1) is 0 Å². The molecule has 0 N–H and O–H groups in total. The number of rotatable bonds is 7. The zero-order valence-electron chi connectivity index (χ0n) is 16.1. The molecule has 1 aromatic carbocycles. The molecule has 4 rings (SSSR count). The summed E-state index contributed by atoms with van der Waals surface area (Å²) >= 11 is 0. The van der Waals surface area contributed by atoms with Crippen LogP contribution in [0.1, 0.15) is 44.9 Å². The molecule has 5 nitrogen and oxygen atoms in total. The van der Waals surface area contributed by atoms with Crippen LogP contribution in [0, 0.1) is 11.3 Å². The average Bonchev–Trinajstić information content (AvgIpc) is 3.41. The van der Waals surface area contributed by atoms with Gasteiger partial charge in [0.15, 0.2) is 0 Å². The highest BCUT2D eigenvalue weighted by Crippen LogP contribution is 2.41. The van der Waals surface area contributed by atoms with Gasteiger partial charge < -0.3 is 14.5 Å². The second kappa shape index (κ2) is 7.91. The summed E-state index contributed by atoms with van der Waals surface area (Å²) in [6.45, 7) is 3.73. The van der Waals surface area contributed by atoms with Gasteiger partial charge in [0.25, 0.3) is 0 Å². The Balaban J connectivity index is 1.24. The predicted octanol–water partition coefficient (Wildman–Crippen LogP) is 3.10. The molecule has 27 heavy (non-hydrogen) atoms. The van der Waals surface area contributed by atoms with Gasteiger partial charge in [0.2, 0.25) is 11.8 Å². The van der Waals surface area contributed by atoms with Gasteiger partial charge in [-0.2, -0.15) is 0 Å². The summed E-state index contributed by atoms with van der Waals surface area (Å²) in [5.74, 6) is 2.04. The lowest BCUT2D eigenvalue weighted by Crippen LogP contribution is -2.50. The number of hydrogen-bond acceptors (Lipinski definition) is 3.